The molecule has 100 valence electrons. The number of para-hydroxylation sites is 1. The number of ether oxygens (including phenoxy) is 1. The molecule has 3 nitrogen and oxygen atoms in total. The predicted octanol–water partition coefficient (Wildman–Crippen LogP) is 3.70. The second-order valence-electron chi connectivity index (χ2n) is 4.82. The van der Waals surface area contributed by atoms with Crippen LogP contribution in [0.2, 0.25) is 0 Å². The van der Waals surface area contributed by atoms with Gasteiger partial charge in [-0.2, -0.15) is 0 Å². The topological polar surface area (TPSA) is 48.1 Å². The van der Waals surface area contributed by atoms with Crippen molar-refractivity contribution in [2.24, 2.45) is 0 Å². The number of hydrogen-bond acceptors (Lipinski definition) is 3. The molecule has 0 saturated carbocycles. The van der Waals surface area contributed by atoms with Gasteiger partial charge in [-0.05, 0) is 30.7 Å². The molecule has 0 aliphatic rings. The van der Waals surface area contributed by atoms with E-state index in [9.17, 15) is 0 Å². The fourth-order valence-electron chi connectivity index (χ4n) is 2.24. The third-order valence-electron chi connectivity index (χ3n) is 3.26. The molecule has 3 heteroatoms. The average Bonchev–Trinajstić information content (AvgIpc) is 2.46. The minimum Gasteiger partial charge on any atom is -0.487 e. The minimum absolute atomic E-state index is 0.460. The number of rotatable bonds is 3. The molecule has 2 aromatic carbocycles. The first-order valence-electron chi connectivity index (χ1n) is 6.55. The molecule has 0 amide bonds. The zero-order valence-corrected chi connectivity index (χ0v) is 11.3. The lowest BCUT2D eigenvalue weighted by Gasteiger charge is -2.10. The first kappa shape index (κ1) is 12.5. The number of fused-ring (bicyclic) bond motifs is 1. The summed E-state index contributed by atoms with van der Waals surface area (Å²) in [6.45, 7) is 2.47. The quantitative estimate of drug-likeness (QED) is 0.734. The molecule has 0 bridgehead atoms. The van der Waals surface area contributed by atoms with Gasteiger partial charge in [0.1, 0.15) is 12.4 Å². The van der Waals surface area contributed by atoms with Crippen LogP contribution in [0.3, 0.4) is 0 Å². The monoisotopic (exact) mass is 264 g/mol. The summed E-state index contributed by atoms with van der Waals surface area (Å²) in [5.41, 5.74) is 9.78. The van der Waals surface area contributed by atoms with Gasteiger partial charge in [0.15, 0.2) is 0 Å². The summed E-state index contributed by atoms with van der Waals surface area (Å²) in [5.74, 6) is 0.712. The zero-order valence-electron chi connectivity index (χ0n) is 11.3. The van der Waals surface area contributed by atoms with E-state index in [0.717, 1.165) is 22.0 Å². The van der Waals surface area contributed by atoms with Gasteiger partial charge in [-0.15, -0.1) is 0 Å². The number of pyridine rings is 1. The van der Waals surface area contributed by atoms with Gasteiger partial charge < -0.3 is 10.5 Å². The molecular formula is C17H16N2O. The largest absolute Gasteiger partial charge is 0.487 e. The lowest BCUT2D eigenvalue weighted by Crippen LogP contribution is -2.00. The van der Waals surface area contributed by atoms with E-state index in [2.05, 4.69) is 4.98 Å². The van der Waals surface area contributed by atoms with Crippen LogP contribution >= 0.6 is 0 Å². The summed E-state index contributed by atoms with van der Waals surface area (Å²) in [7, 11) is 0. The van der Waals surface area contributed by atoms with E-state index in [1.807, 2.05) is 55.5 Å². The smallest absolute Gasteiger partial charge is 0.142 e. The highest BCUT2D eigenvalue weighted by Crippen LogP contribution is 2.24. The Hall–Kier alpha value is -2.55. The van der Waals surface area contributed by atoms with Gasteiger partial charge in [-0.3, -0.25) is 4.98 Å². The number of anilines is 1. The molecule has 20 heavy (non-hydrogen) atoms. The summed E-state index contributed by atoms with van der Waals surface area (Å²) in [6, 6.07) is 15.9. The molecule has 1 heterocycles. The van der Waals surface area contributed by atoms with Crippen LogP contribution in [0, 0.1) is 6.92 Å². The number of aryl methyl sites for hydroxylation is 1. The van der Waals surface area contributed by atoms with Crippen LogP contribution in [0.4, 0.5) is 5.69 Å². The number of nitrogens with two attached hydrogens (primary N) is 1. The van der Waals surface area contributed by atoms with E-state index in [-0.39, 0.29) is 0 Å². The van der Waals surface area contributed by atoms with E-state index >= 15 is 0 Å². The van der Waals surface area contributed by atoms with Crippen molar-refractivity contribution in [3.8, 4) is 5.75 Å². The van der Waals surface area contributed by atoms with Gasteiger partial charge in [-0.1, -0.05) is 30.3 Å². The Morgan fingerprint density at radius 2 is 1.95 bits per heavy atom. The fourth-order valence-corrected chi connectivity index (χ4v) is 2.24. The molecule has 0 atom stereocenters. The van der Waals surface area contributed by atoms with Gasteiger partial charge >= 0.3 is 0 Å². The molecule has 0 aliphatic carbocycles. The second kappa shape index (κ2) is 5.21. The molecule has 0 saturated heterocycles. The van der Waals surface area contributed by atoms with Crippen LogP contribution in [0.25, 0.3) is 10.9 Å². The highest BCUT2D eigenvalue weighted by atomic mass is 16.5. The first-order chi connectivity index (χ1) is 9.74. The molecule has 3 aromatic rings. The van der Waals surface area contributed by atoms with Gasteiger partial charge in [0.05, 0.1) is 11.2 Å². The Morgan fingerprint density at radius 3 is 2.80 bits per heavy atom. The Balaban J connectivity index is 1.87. The van der Waals surface area contributed by atoms with Crippen molar-refractivity contribution in [2.75, 3.05) is 5.73 Å². The van der Waals surface area contributed by atoms with Crippen LogP contribution in [0.15, 0.2) is 54.7 Å². The summed E-state index contributed by atoms with van der Waals surface area (Å²) in [6.07, 6.45) is 1.80. The van der Waals surface area contributed by atoms with Crippen molar-refractivity contribution in [3.63, 3.8) is 0 Å². The van der Waals surface area contributed by atoms with Crippen molar-refractivity contribution in [1.29, 1.82) is 0 Å². The number of aromatic nitrogens is 1. The van der Waals surface area contributed by atoms with Crippen LogP contribution in [-0.2, 0) is 6.61 Å². The molecule has 3 rings (SSSR count). The fraction of sp³-hybridized carbons (Fsp3) is 0.118. The van der Waals surface area contributed by atoms with Crippen LogP contribution in [0.1, 0.15) is 11.1 Å². The van der Waals surface area contributed by atoms with Crippen LogP contribution < -0.4 is 10.5 Å². The molecule has 0 fully saturated rings. The summed E-state index contributed by atoms with van der Waals surface area (Å²) in [4.78, 5) is 4.42. The minimum atomic E-state index is 0.460. The van der Waals surface area contributed by atoms with E-state index in [0.29, 0.717) is 18.0 Å². The lowest BCUT2D eigenvalue weighted by atomic mass is 10.1. The van der Waals surface area contributed by atoms with Crippen LogP contribution in [0.5, 0.6) is 5.75 Å². The van der Waals surface area contributed by atoms with E-state index < -0.39 is 0 Å². The van der Waals surface area contributed by atoms with E-state index in [1.165, 1.54) is 0 Å². The molecule has 2 N–H and O–H groups in total. The van der Waals surface area contributed by atoms with Crippen molar-refractivity contribution in [2.45, 2.75) is 13.5 Å². The Kier molecular flexibility index (Phi) is 3.25. The number of nitrogen functional groups attached to an aromatic ring is 1. The molecule has 1 aromatic heterocycles. The Labute approximate surface area is 118 Å². The Bertz CT molecular complexity index is 748. The van der Waals surface area contributed by atoms with Gasteiger partial charge in [0.2, 0.25) is 0 Å². The molecular weight excluding hydrogens is 248 g/mol. The molecule has 0 aliphatic heterocycles. The van der Waals surface area contributed by atoms with Gasteiger partial charge in [0.25, 0.3) is 0 Å². The maximum absolute atomic E-state index is 5.96. The summed E-state index contributed by atoms with van der Waals surface area (Å²) >= 11 is 0. The lowest BCUT2D eigenvalue weighted by molar-refractivity contribution is 0.309. The van der Waals surface area contributed by atoms with Crippen molar-refractivity contribution >= 4 is 16.6 Å². The van der Waals surface area contributed by atoms with Crippen LogP contribution in [-0.4, -0.2) is 4.98 Å². The van der Waals surface area contributed by atoms with Crippen molar-refractivity contribution in [1.82, 2.24) is 4.98 Å². The van der Waals surface area contributed by atoms with Gasteiger partial charge in [-0.25, -0.2) is 0 Å². The number of benzene rings is 2. The Morgan fingerprint density at radius 1 is 1.10 bits per heavy atom. The van der Waals surface area contributed by atoms with Gasteiger partial charge in [0, 0.05) is 17.1 Å². The molecule has 0 radical (unpaired) electrons. The highest BCUT2D eigenvalue weighted by molar-refractivity contribution is 5.81. The third-order valence-corrected chi connectivity index (χ3v) is 3.26. The highest BCUT2D eigenvalue weighted by Gasteiger charge is 2.05. The number of nitrogens with zero attached hydrogens (tertiary/aromatic N) is 1. The second-order valence-corrected chi connectivity index (χ2v) is 4.82. The van der Waals surface area contributed by atoms with Crippen molar-refractivity contribution < 1.29 is 4.74 Å². The standard InChI is InChI=1S/C17H16N2O/c1-12-7-8-16(15(18)10-12)20-11-14-5-2-4-13-6-3-9-19-17(13)14/h2-10H,11,18H2,1H3. The number of hydrogen-bond donors (Lipinski definition) is 1. The van der Waals surface area contributed by atoms with E-state index in [1.54, 1.807) is 6.20 Å². The molecule has 0 unspecified atom stereocenters. The summed E-state index contributed by atoms with van der Waals surface area (Å²) < 4.78 is 5.82. The third kappa shape index (κ3) is 2.43. The maximum atomic E-state index is 5.96. The SMILES string of the molecule is Cc1ccc(OCc2cccc3cccnc23)c(N)c1. The molecule has 0 spiro atoms. The maximum Gasteiger partial charge on any atom is 0.142 e. The normalized spacial score (nSPS) is 10.7. The average molecular weight is 264 g/mol. The van der Waals surface area contributed by atoms with Crippen molar-refractivity contribution in [3.05, 3.63) is 65.9 Å². The van der Waals surface area contributed by atoms with E-state index in [4.69, 9.17) is 10.5 Å². The summed E-state index contributed by atoms with van der Waals surface area (Å²) in [5, 5.41) is 1.12. The first-order valence-corrected chi connectivity index (χ1v) is 6.55. The zero-order chi connectivity index (χ0) is 13.9. The predicted molar refractivity (Wildman–Crippen MR) is 81.7 cm³/mol.